The van der Waals surface area contributed by atoms with Gasteiger partial charge in [0.25, 0.3) is 5.91 Å². The van der Waals surface area contributed by atoms with Gasteiger partial charge in [-0.15, -0.1) is 0 Å². The van der Waals surface area contributed by atoms with Gasteiger partial charge in [-0.05, 0) is 48.6 Å². The molecule has 0 aliphatic carbocycles. The molecule has 43 heavy (non-hydrogen) atoms. The van der Waals surface area contributed by atoms with E-state index in [1.807, 2.05) is 90.7 Å². The Morgan fingerprint density at radius 3 is 2.42 bits per heavy atom. The van der Waals surface area contributed by atoms with Gasteiger partial charge in [0, 0.05) is 43.2 Å². The maximum Gasteiger partial charge on any atom is 0.264 e. The number of nitrogens with zero attached hydrogens (tertiary/aromatic N) is 3. The summed E-state index contributed by atoms with van der Waals surface area (Å²) in [6, 6.07) is 25.4. The van der Waals surface area contributed by atoms with E-state index in [4.69, 9.17) is 4.74 Å². The second-order valence-corrected chi connectivity index (χ2v) is 11.9. The minimum atomic E-state index is -1.24. The first kappa shape index (κ1) is 29.1. The monoisotopic (exact) mass is 581 g/mol. The molecular formula is C35H39N3O5. The molecule has 224 valence electrons. The van der Waals surface area contributed by atoms with Crippen molar-refractivity contribution >= 4 is 29.1 Å². The summed E-state index contributed by atoms with van der Waals surface area (Å²) in [6.45, 7) is 3.56. The summed E-state index contributed by atoms with van der Waals surface area (Å²) in [5, 5.41) is 9.68. The maximum absolute atomic E-state index is 14.5. The van der Waals surface area contributed by atoms with Crippen molar-refractivity contribution in [3.63, 3.8) is 0 Å². The predicted octanol–water partition coefficient (Wildman–Crippen LogP) is 4.78. The molecule has 3 heterocycles. The Morgan fingerprint density at radius 1 is 1.00 bits per heavy atom. The minimum absolute atomic E-state index is 0.0944. The largest absolute Gasteiger partial charge is 0.395 e. The molecule has 3 aromatic carbocycles. The average Bonchev–Trinajstić information content (AvgIpc) is 3.47. The second kappa shape index (κ2) is 12.3. The number of aliphatic hydroxyl groups excluding tert-OH is 1. The van der Waals surface area contributed by atoms with Crippen molar-refractivity contribution in [1.29, 1.82) is 0 Å². The van der Waals surface area contributed by atoms with Crippen molar-refractivity contribution in [3.05, 3.63) is 95.6 Å². The smallest absolute Gasteiger partial charge is 0.264 e. The number of ether oxygens (including phenoxy) is 1. The van der Waals surface area contributed by atoms with Crippen LogP contribution in [0, 0.1) is 5.92 Å². The molecule has 6 rings (SSSR count). The first-order valence-corrected chi connectivity index (χ1v) is 15.3. The average molecular weight is 582 g/mol. The Kier molecular flexibility index (Phi) is 8.32. The zero-order valence-corrected chi connectivity index (χ0v) is 24.7. The highest BCUT2D eigenvalue weighted by Gasteiger charge is 2.60. The van der Waals surface area contributed by atoms with Crippen LogP contribution in [0.4, 0.5) is 11.4 Å². The topological polar surface area (TPSA) is 90.4 Å². The Hall–Kier alpha value is -4.01. The molecule has 3 aliphatic rings. The lowest BCUT2D eigenvalue weighted by Crippen LogP contribution is -2.44. The molecule has 2 fully saturated rings. The van der Waals surface area contributed by atoms with Crippen molar-refractivity contribution in [2.75, 3.05) is 29.5 Å². The third-order valence-corrected chi connectivity index (χ3v) is 9.06. The first-order valence-electron chi connectivity index (χ1n) is 15.3. The van der Waals surface area contributed by atoms with Crippen LogP contribution in [-0.2, 0) is 37.8 Å². The molecule has 8 heteroatoms. The highest BCUT2D eigenvalue weighted by Crippen LogP contribution is 2.54. The van der Waals surface area contributed by atoms with Crippen LogP contribution in [-0.4, -0.2) is 53.5 Å². The van der Waals surface area contributed by atoms with Crippen LogP contribution in [0.1, 0.15) is 55.7 Å². The quantitative estimate of drug-likeness (QED) is 0.393. The summed E-state index contributed by atoms with van der Waals surface area (Å²) in [5.41, 5.74) is 3.08. The highest BCUT2D eigenvalue weighted by atomic mass is 16.5. The van der Waals surface area contributed by atoms with E-state index in [-0.39, 0.29) is 43.2 Å². The lowest BCUT2D eigenvalue weighted by molar-refractivity contribution is -0.150. The van der Waals surface area contributed by atoms with Crippen molar-refractivity contribution < 1.29 is 24.2 Å². The predicted molar refractivity (Wildman–Crippen MR) is 164 cm³/mol. The summed E-state index contributed by atoms with van der Waals surface area (Å²) >= 11 is 0. The Morgan fingerprint density at radius 2 is 1.72 bits per heavy atom. The Labute approximate surface area is 252 Å². The van der Waals surface area contributed by atoms with Crippen LogP contribution in [0.25, 0.3) is 0 Å². The molecule has 0 saturated carbocycles. The van der Waals surface area contributed by atoms with Gasteiger partial charge in [0.1, 0.15) is 0 Å². The molecule has 3 aliphatic heterocycles. The van der Waals surface area contributed by atoms with Crippen LogP contribution in [0.5, 0.6) is 0 Å². The normalized spacial score (nSPS) is 23.2. The fourth-order valence-corrected chi connectivity index (χ4v) is 6.89. The zero-order valence-electron chi connectivity index (χ0n) is 24.7. The van der Waals surface area contributed by atoms with E-state index in [0.29, 0.717) is 32.5 Å². The van der Waals surface area contributed by atoms with Crippen LogP contribution in [0.15, 0.2) is 78.9 Å². The number of aliphatic hydroxyl groups is 1. The molecule has 0 aromatic heterocycles. The lowest BCUT2D eigenvalue weighted by Gasteiger charge is -2.30. The number of hydrogen-bond acceptors (Lipinski definition) is 5. The fraction of sp³-hybridized carbons (Fsp3) is 0.400. The van der Waals surface area contributed by atoms with Gasteiger partial charge in [0.2, 0.25) is 11.8 Å². The highest BCUT2D eigenvalue weighted by molar-refractivity contribution is 6.08. The van der Waals surface area contributed by atoms with Gasteiger partial charge < -0.3 is 24.5 Å². The molecule has 3 atom stereocenters. The van der Waals surface area contributed by atoms with Crippen molar-refractivity contribution in [3.8, 4) is 0 Å². The van der Waals surface area contributed by atoms with E-state index in [9.17, 15) is 19.5 Å². The van der Waals surface area contributed by atoms with Gasteiger partial charge in [-0.1, -0.05) is 67.6 Å². The number of anilines is 2. The number of fused-ring (bicyclic) bond motifs is 2. The van der Waals surface area contributed by atoms with Crippen LogP contribution in [0.3, 0.4) is 0 Å². The van der Waals surface area contributed by atoms with E-state index in [0.717, 1.165) is 40.9 Å². The number of carbonyl (C=O) groups is 3. The van der Waals surface area contributed by atoms with Crippen LogP contribution < -0.4 is 9.80 Å². The second-order valence-electron chi connectivity index (χ2n) is 11.9. The van der Waals surface area contributed by atoms with Crippen molar-refractivity contribution in [2.45, 2.75) is 63.8 Å². The summed E-state index contributed by atoms with van der Waals surface area (Å²) in [4.78, 5) is 46.1. The Bertz CT molecular complexity index is 1480. The first-order chi connectivity index (χ1) is 20.9. The SMILES string of the molecule is C[C@H]1C[C@@H](CC(=O)N(CCO)Cc2ccccc2)O[C@]12C(=O)N(Cc1ccccc1)c1ccc(N3CCCCC3=O)cc12. The van der Waals surface area contributed by atoms with E-state index in [1.165, 1.54) is 0 Å². The zero-order chi connectivity index (χ0) is 30.0. The third kappa shape index (κ3) is 5.57. The van der Waals surface area contributed by atoms with Crippen molar-refractivity contribution in [1.82, 2.24) is 4.90 Å². The number of hydrogen-bond donors (Lipinski definition) is 1. The molecule has 1 N–H and O–H groups in total. The molecule has 0 unspecified atom stereocenters. The van der Waals surface area contributed by atoms with Crippen molar-refractivity contribution in [2.24, 2.45) is 5.92 Å². The lowest BCUT2D eigenvalue weighted by atomic mass is 9.82. The number of rotatable bonds is 9. The number of carbonyl (C=O) groups excluding carboxylic acids is 3. The number of piperidine rings is 1. The van der Waals surface area contributed by atoms with E-state index < -0.39 is 11.7 Å². The van der Waals surface area contributed by atoms with E-state index in [2.05, 4.69) is 0 Å². The van der Waals surface area contributed by atoms with E-state index in [1.54, 1.807) is 9.80 Å². The summed E-state index contributed by atoms with van der Waals surface area (Å²) < 4.78 is 6.74. The third-order valence-electron chi connectivity index (χ3n) is 9.06. The number of amides is 3. The standard InChI is InChI=1S/C35H39N3O5/c1-25-20-29(22-33(41)36(18-19-39)23-26-10-4-2-5-11-26)43-35(25)30-21-28(37-17-9-8-14-32(37)40)15-16-31(30)38(34(35)42)24-27-12-6-3-7-13-27/h2-7,10-13,15-16,21,25,29,39H,8-9,14,17-20,22-24H2,1H3/t25-,29-,35+/m0/s1. The molecule has 0 bridgehead atoms. The van der Waals surface area contributed by atoms with Gasteiger partial charge in [-0.3, -0.25) is 14.4 Å². The van der Waals surface area contributed by atoms with Crippen LogP contribution in [0.2, 0.25) is 0 Å². The van der Waals surface area contributed by atoms with Gasteiger partial charge in [0.15, 0.2) is 5.60 Å². The van der Waals surface area contributed by atoms with Gasteiger partial charge in [-0.2, -0.15) is 0 Å². The van der Waals surface area contributed by atoms with Gasteiger partial charge >= 0.3 is 0 Å². The molecule has 2 saturated heterocycles. The van der Waals surface area contributed by atoms with Crippen LogP contribution >= 0.6 is 0 Å². The summed E-state index contributed by atoms with van der Waals surface area (Å²) in [7, 11) is 0. The summed E-state index contributed by atoms with van der Waals surface area (Å²) in [5.74, 6) is -0.346. The maximum atomic E-state index is 14.5. The molecular weight excluding hydrogens is 542 g/mol. The fourth-order valence-electron chi connectivity index (χ4n) is 6.89. The van der Waals surface area contributed by atoms with Gasteiger partial charge in [0.05, 0.1) is 31.4 Å². The van der Waals surface area contributed by atoms with Gasteiger partial charge in [-0.25, -0.2) is 0 Å². The molecule has 3 aromatic rings. The summed E-state index contributed by atoms with van der Waals surface area (Å²) in [6.07, 6.45) is 2.55. The molecule has 0 radical (unpaired) electrons. The molecule has 8 nitrogen and oxygen atoms in total. The Balaban J connectivity index is 1.30. The van der Waals surface area contributed by atoms with E-state index >= 15 is 0 Å². The minimum Gasteiger partial charge on any atom is -0.395 e. The molecule has 3 amide bonds. The molecule has 1 spiro atoms. The number of benzene rings is 3.